The standard InChI is InChI=1S/C33H50N2O3.C2H6/c1-9-10-14-30(6)18-27(38-24(5)34-28(37)25-12-11-16-35(8)19-25)31(7)21(2)17-33-20-32(29(31)33,15-13-26(33)36)23(4)22(30)3;1-2/h21-23,25,27,29H,5,11-20H2,1-4,6-8H3,(H,34,37);1-2H3/t21?,22?,23-,25?,27+,29?,30+,31-,32?,33?;/m0./s1. The summed E-state index contributed by atoms with van der Waals surface area (Å²) >= 11 is 0. The van der Waals surface area contributed by atoms with Crippen LogP contribution in [0, 0.1) is 63.1 Å². The van der Waals surface area contributed by atoms with E-state index >= 15 is 0 Å². The zero-order chi connectivity index (χ0) is 29.7. The monoisotopic (exact) mass is 552 g/mol. The second-order valence-electron chi connectivity index (χ2n) is 14.6. The minimum absolute atomic E-state index is 0.0160. The average Bonchev–Trinajstić information content (AvgIpc) is 3.11. The zero-order valence-corrected chi connectivity index (χ0v) is 26.9. The molecule has 40 heavy (non-hydrogen) atoms. The van der Waals surface area contributed by atoms with Gasteiger partial charge in [-0.3, -0.25) is 14.9 Å². The van der Waals surface area contributed by atoms with Crippen LogP contribution in [0.1, 0.15) is 107 Å². The van der Waals surface area contributed by atoms with E-state index in [1.165, 1.54) is 0 Å². The Kier molecular flexibility index (Phi) is 8.66. The van der Waals surface area contributed by atoms with Crippen molar-refractivity contribution in [2.24, 2.45) is 51.2 Å². The summed E-state index contributed by atoms with van der Waals surface area (Å²) in [4.78, 5) is 28.9. The number of ether oxygens (including phenoxy) is 1. The molecule has 5 aliphatic rings. The van der Waals surface area contributed by atoms with E-state index < -0.39 is 0 Å². The quantitative estimate of drug-likeness (QED) is 0.300. The zero-order valence-electron chi connectivity index (χ0n) is 26.9. The van der Waals surface area contributed by atoms with Crippen LogP contribution in [0.5, 0.6) is 0 Å². The molecule has 0 radical (unpaired) electrons. The first kappa shape index (κ1) is 31.1. The van der Waals surface area contributed by atoms with Crippen molar-refractivity contribution in [3.63, 3.8) is 0 Å². The summed E-state index contributed by atoms with van der Waals surface area (Å²) in [5, 5.41) is 3.06. The molecular weight excluding hydrogens is 496 g/mol. The molecule has 2 bridgehead atoms. The van der Waals surface area contributed by atoms with Crippen LogP contribution in [0.25, 0.3) is 0 Å². The lowest BCUT2D eigenvalue weighted by Gasteiger charge is -2.72. The molecule has 10 atom stereocenters. The van der Waals surface area contributed by atoms with Crippen LogP contribution < -0.4 is 5.32 Å². The van der Waals surface area contributed by atoms with E-state index in [2.05, 4.69) is 70.3 Å². The normalized spacial score (nSPS) is 45.7. The highest BCUT2D eigenvalue weighted by atomic mass is 16.5. The number of piperidine rings is 1. The summed E-state index contributed by atoms with van der Waals surface area (Å²) in [5.41, 5.74) is -0.208. The van der Waals surface area contributed by atoms with Gasteiger partial charge in [0, 0.05) is 30.2 Å². The van der Waals surface area contributed by atoms with Crippen LogP contribution in [0.2, 0.25) is 0 Å². The van der Waals surface area contributed by atoms with E-state index in [4.69, 9.17) is 4.74 Å². The molecule has 0 spiro atoms. The van der Waals surface area contributed by atoms with E-state index in [9.17, 15) is 9.59 Å². The van der Waals surface area contributed by atoms with Gasteiger partial charge in [0.05, 0.1) is 5.92 Å². The lowest BCUT2D eigenvalue weighted by Crippen LogP contribution is -2.71. The number of rotatable bonds is 5. The number of likely N-dealkylation sites (tertiary alicyclic amines) is 1. The van der Waals surface area contributed by atoms with Crippen LogP contribution in [0.15, 0.2) is 12.5 Å². The fourth-order valence-electron chi connectivity index (χ4n) is 10.5. The van der Waals surface area contributed by atoms with E-state index in [0.717, 1.165) is 64.5 Å². The van der Waals surface area contributed by atoms with E-state index in [-0.39, 0.29) is 39.6 Å². The number of nitrogens with one attached hydrogen (secondary N) is 1. The minimum Gasteiger partial charge on any atom is -0.475 e. The molecule has 4 saturated carbocycles. The smallest absolute Gasteiger partial charge is 0.231 e. The SMILES string of the molecule is C=C(NC(=O)C1CCCN(C)C1)O[C@@H]1C[C@@](C)(CC#CC)C(C)[C@H](C)C23CCC(=O)C4(CC(C)[C@]1(C)C42)C3.CC. The summed E-state index contributed by atoms with van der Waals surface area (Å²) < 4.78 is 6.82. The molecular formula is C35H56N2O3. The highest BCUT2D eigenvalue weighted by Gasteiger charge is 2.81. The third-order valence-corrected chi connectivity index (χ3v) is 12.8. The fourth-order valence-corrected chi connectivity index (χ4v) is 10.5. The van der Waals surface area contributed by atoms with Gasteiger partial charge >= 0.3 is 0 Å². The Bertz CT molecular complexity index is 1070. The summed E-state index contributed by atoms with van der Waals surface area (Å²) in [7, 11) is 2.08. The second-order valence-corrected chi connectivity index (χ2v) is 14.6. The number of nitrogens with zero attached hydrogens (tertiary/aromatic N) is 1. The van der Waals surface area contributed by atoms with E-state index in [0.29, 0.717) is 35.3 Å². The van der Waals surface area contributed by atoms with E-state index in [1.54, 1.807) is 0 Å². The molecule has 1 N–H and O–H groups in total. The van der Waals surface area contributed by atoms with Gasteiger partial charge in [-0.1, -0.05) is 48.5 Å². The Labute approximate surface area is 244 Å². The summed E-state index contributed by atoms with van der Waals surface area (Å²) in [6.07, 6.45) is 7.23. The van der Waals surface area contributed by atoms with Gasteiger partial charge in [-0.25, -0.2) is 0 Å². The number of Topliss-reactive ketones (excluding diaryl/α,β-unsaturated/α-hetero) is 1. The number of carbonyl (C=O) groups excluding carboxylic acids is 2. The number of amides is 1. The molecule has 0 aromatic carbocycles. The van der Waals surface area contributed by atoms with Crippen molar-refractivity contribution in [3.05, 3.63) is 12.5 Å². The van der Waals surface area contributed by atoms with Crippen molar-refractivity contribution in [1.29, 1.82) is 0 Å². The predicted octanol–water partition coefficient (Wildman–Crippen LogP) is 6.82. The van der Waals surface area contributed by atoms with Crippen LogP contribution in [0.3, 0.4) is 0 Å². The number of hydrogen-bond acceptors (Lipinski definition) is 4. The van der Waals surface area contributed by atoms with Gasteiger partial charge in [-0.2, -0.15) is 0 Å². The molecule has 1 aliphatic heterocycles. The molecule has 5 fully saturated rings. The third kappa shape index (κ3) is 4.56. The van der Waals surface area contributed by atoms with Crippen molar-refractivity contribution < 1.29 is 14.3 Å². The predicted molar refractivity (Wildman–Crippen MR) is 162 cm³/mol. The maximum Gasteiger partial charge on any atom is 0.231 e. The second kappa shape index (κ2) is 11.1. The molecule has 0 aromatic rings. The largest absolute Gasteiger partial charge is 0.475 e. The number of carbonyl (C=O) groups is 2. The summed E-state index contributed by atoms with van der Waals surface area (Å²) in [5.74, 6) is 9.08. The van der Waals surface area contributed by atoms with Crippen molar-refractivity contribution in [1.82, 2.24) is 10.2 Å². The average molecular weight is 553 g/mol. The molecule has 224 valence electrons. The lowest BCUT2D eigenvalue weighted by molar-refractivity contribution is -0.250. The molecule has 4 aliphatic carbocycles. The Hall–Kier alpha value is -1.80. The fraction of sp³-hybridized carbons (Fsp3) is 0.829. The van der Waals surface area contributed by atoms with Gasteiger partial charge in [-0.15, -0.1) is 11.8 Å². The molecule has 5 nitrogen and oxygen atoms in total. The van der Waals surface area contributed by atoms with Gasteiger partial charge in [-0.05, 0) is 100 Å². The molecule has 5 heteroatoms. The maximum absolute atomic E-state index is 13.5. The third-order valence-electron chi connectivity index (χ3n) is 12.8. The Balaban J connectivity index is 0.00000181. The molecule has 0 aromatic heterocycles. The van der Waals surface area contributed by atoms with Gasteiger partial charge in [0.1, 0.15) is 11.9 Å². The van der Waals surface area contributed by atoms with Crippen molar-refractivity contribution in [2.45, 2.75) is 113 Å². The number of ketones is 1. The Morgan fingerprint density at radius 2 is 1.88 bits per heavy atom. The van der Waals surface area contributed by atoms with E-state index in [1.807, 2.05) is 20.8 Å². The Morgan fingerprint density at radius 3 is 2.52 bits per heavy atom. The summed E-state index contributed by atoms with van der Waals surface area (Å²) in [6, 6.07) is 0. The maximum atomic E-state index is 13.5. The van der Waals surface area contributed by atoms with Crippen LogP contribution in [0.4, 0.5) is 0 Å². The molecule has 1 amide bonds. The van der Waals surface area contributed by atoms with Crippen LogP contribution in [-0.2, 0) is 14.3 Å². The number of hydrogen-bond donors (Lipinski definition) is 1. The molecule has 6 unspecified atom stereocenters. The van der Waals surface area contributed by atoms with Crippen LogP contribution >= 0.6 is 0 Å². The van der Waals surface area contributed by atoms with Gasteiger partial charge in [0.15, 0.2) is 5.88 Å². The first-order valence-corrected chi connectivity index (χ1v) is 16.1. The highest BCUT2D eigenvalue weighted by molar-refractivity contribution is 5.89. The summed E-state index contributed by atoms with van der Waals surface area (Å²) in [6.45, 7) is 24.0. The highest BCUT2D eigenvalue weighted by Crippen LogP contribution is 2.83. The lowest BCUT2D eigenvalue weighted by atomic mass is 9.31. The van der Waals surface area contributed by atoms with Crippen molar-refractivity contribution >= 4 is 11.7 Å². The van der Waals surface area contributed by atoms with Crippen LogP contribution in [-0.4, -0.2) is 42.8 Å². The molecule has 1 heterocycles. The van der Waals surface area contributed by atoms with Crippen molar-refractivity contribution in [3.8, 4) is 11.8 Å². The first-order valence-electron chi connectivity index (χ1n) is 16.1. The molecule has 1 saturated heterocycles. The van der Waals surface area contributed by atoms with Gasteiger partial charge < -0.3 is 9.64 Å². The van der Waals surface area contributed by atoms with Crippen molar-refractivity contribution in [2.75, 3.05) is 20.1 Å². The first-order chi connectivity index (χ1) is 18.8. The topological polar surface area (TPSA) is 58.6 Å². The van der Waals surface area contributed by atoms with Gasteiger partial charge in [0.2, 0.25) is 5.91 Å². The Morgan fingerprint density at radius 1 is 1.18 bits per heavy atom. The molecule has 5 rings (SSSR count). The van der Waals surface area contributed by atoms with Gasteiger partial charge in [0.25, 0.3) is 0 Å². The minimum atomic E-state index is -0.184.